The average molecular weight is 422 g/mol. The third kappa shape index (κ3) is 12.1. The maximum absolute atomic E-state index is 8.31. The van der Waals surface area contributed by atoms with Crippen LogP contribution in [0.5, 0.6) is 5.75 Å². The lowest BCUT2D eigenvalue weighted by molar-refractivity contribution is -0.0664. The van der Waals surface area contributed by atoms with Gasteiger partial charge in [0.2, 0.25) is 0 Å². The molecule has 0 aromatic heterocycles. The highest BCUT2D eigenvalue weighted by Crippen LogP contribution is 2.18. The van der Waals surface area contributed by atoms with E-state index >= 15 is 0 Å². The van der Waals surface area contributed by atoms with E-state index in [1.165, 1.54) is 0 Å². The Morgan fingerprint density at radius 3 is 1.80 bits per heavy atom. The molecule has 0 N–H and O–H groups in total. The van der Waals surface area contributed by atoms with Crippen LogP contribution in [0.1, 0.15) is 12.5 Å². The molecule has 0 aliphatic heterocycles. The van der Waals surface area contributed by atoms with Gasteiger partial charge < -0.3 is 23.7 Å². The number of hydrogen-bond donors (Lipinski definition) is 0. The zero-order valence-corrected chi connectivity index (χ0v) is 17.6. The van der Waals surface area contributed by atoms with Crippen molar-refractivity contribution in [2.45, 2.75) is 13.5 Å². The normalized spacial score (nSPS) is 12.5. The average Bonchev–Trinajstić information content (AvgIpc) is 2.76. The summed E-state index contributed by atoms with van der Waals surface area (Å²) in [5.41, 5.74) is 17.3. The second-order valence-corrected chi connectivity index (χ2v) is 6.78. The Bertz CT molecular complexity index is 648. The number of ether oxygens (including phenoxy) is 5. The van der Waals surface area contributed by atoms with Gasteiger partial charge in [0.05, 0.1) is 60.0 Å². The van der Waals surface area contributed by atoms with Crippen LogP contribution in [0.3, 0.4) is 0 Å². The quantitative estimate of drug-likeness (QED) is 0.152. The smallest absolute Gasteiger partial charge is 0.118 e. The lowest BCUT2D eigenvalue weighted by Gasteiger charge is -2.29. The van der Waals surface area contributed by atoms with Crippen LogP contribution in [0.4, 0.5) is 0 Å². The first-order valence-corrected chi connectivity index (χ1v) is 9.59. The molecule has 0 unspecified atom stereocenters. The zero-order valence-electron chi connectivity index (χ0n) is 17.6. The highest BCUT2D eigenvalue weighted by molar-refractivity contribution is 5.26. The molecular formula is C19H30N6O5. The minimum atomic E-state index is -0.400. The van der Waals surface area contributed by atoms with Crippen LogP contribution >= 0.6 is 0 Å². The lowest BCUT2D eigenvalue weighted by atomic mass is 9.94. The SMILES string of the molecule is COc1ccc(COCCOCC(C)(COCCN=[N+]=[N-])COCCN=[N+]=[N-])cc1. The zero-order chi connectivity index (χ0) is 21.9. The minimum Gasteiger partial charge on any atom is -0.497 e. The molecule has 11 nitrogen and oxygen atoms in total. The molecule has 1 aromatic carbocycles. The number of methoxy groups -OCH3 is 1. The summed E-state index contributed by atoms with van der Waals surface area (Å²) in [6, 6.07) is 7.70. The van der Waals surface area contributed by atoms with Crippen molar-refractivity contribution < 1.29 is 23.7 Å². The van der Waals surface area contributed by atoms with Crippen LogP contribution in [0, 0.1) is 5.41 Å². The van der Waals surface area contributed by atoms with Gasteiger partial charge in [0.1, 0.15) is 5.75 Å². The van der Waals surface area contributed by atoms with E-state index in [9.17, 15) is 0 Å². The topological polar surface area (TPSA) is 144 Å². The Morgan fingerprint density at radius 1 is 0.800 bits per heavy atom. The maximum atomic E-state index is 8.31. The molecule has 0 amide bonds. The molecule has 0 atom stereocenters. The summed E-state index contributed by atoms with van der Waals surface area (Å²) in [7, 11) is 1.63. The summed E-state index contributed by atoms with van der Waals surface area (Å²) in [4.78, 5) is 5.38. The van der Waals surface area contributed by atoms with Crippen molar-refractivity contribution in [3.05, 3.63) is 50.7 Å². The Balaban J connectivity index is 2.31. The molecule has 0 saturated heterocycles. The van der Waals surface area contributed by atoms with Gasteiger partial charge in [0.25, 0.3) is 0 Å². The van der Waals surface area contributed by atoms with Crippen LogP contribution in [-0.2, 0) is 25.6 Å². The van der Waals surface area contributed by atoms with Gasteiger partial charge in [-0.2, -0.15) is 0 Å². The predicted octanol–water partition coefficient (Wildman–Crippen LogP) is 3.89. The molecule has 1 rings (SSSR count). The summed E-state index contributed by atoms with van der Waals surface area (Å²) in [5.74, 6) is 0.810. The van der Waals surface area contributed by atoms with E-state index in [0.29, 0.717) is 52.9 Å². The monoisotopic (exact) mass is 422 g/mol. The molecule has 0 bridgehead atoms. The summed E-state index contributed by atoms with van der Waals surface area (Å²) < 4.78 is 27.7. The van der Waals surface area contributed by atoms with E-state index < -0.39 is 5.41 Å². The predicted molar refractivity (Wildman–Crippen MR) is 111 cm³/mol. The summed E-state index contributed by atoms with van der Waals surface area (Å²) in [6.45, 7) is 5.70. The van der Waals surface area contributed by atoms with E-state index in [-0.39, 0.29) is 13.1 Å². The van der Waals surface area contributed by atoms with Crippen LogP contribution < -0.4 is 4.74 Å². The molecule has 0 aliphatic carbocycles. The van der Waals surface area contributed by atoms with Crippen LogP contribution in [0.25, 0.3) is 20.9 Å². The van der Waals surface area contributed by atoms with Crippen molar-refractivity contribution in [3.63, 3.8) is 0 Å². The Hall–Kier alpha value is -2.52. The van der Waals surface area contributed by atoms with Crippen molar-refractivity contribution in [1.29, 1.82) is 0 Å². The van der Waals surface area contributed by atoms with Gasteiger partial charge in [-0.15, -0.1) is 0 Å². The van der Waals surface area contributed by atoms with E-state index in [0.717, 1.165) is 11.3 Å². The third-order valence-electron chi connectivity index (χ3n) is 3.95. The van der Waals surface area contributed by atoms with Crippen molar-refractivity contribution in [2.75, 3.05) is 66.4 Å². The second-order valence-electron chi connectivity index (χ2n) is 6.78. The molecule has 0 aliphatic rings. The molecule has 0 fully saturated rings. The first-order chi connectivity index (χ1) is 14.6. The Morgan fingerprint density at radius 2 is 1.30 bits per heavy atom. The van der Waals surface area contributed by atoms with Crippen molar-refractivity contribution >= 4 is 0 Å². The second kappa shape index (κ2) is 16.3. The Kier molecular flexibility index (Phi) is 13.9. The molecule has 0 spiro atoms. The van der Waals surface area contributed by atoms with Crippen molar-refractivity contribution in [1.82, 2.24) is 0 Å². The molecule has 0 saturated carbocycles. The number of azide groups is 2. The molecule has 30 heavy (non-hydrogen) atoms. The van der Waals surface area contributed by atoms with Gasteiger partial charge in [-0.3, -0.25) is 0 Å². The molecule has 1 aromatic rings. The summed E-state index contributed by atoms with van der Waals surface area (Å²) in [5, 5.41) is 6.88. The van der Waals surface area contributed by atoms with Gasteiger partial charge in [-0.05, 0) is 28.8 Å². The van der Waals surface area contributed by atoms with E-state index in [4.69, 9.17) is 34.7 Å². The molecule has 0 radical (unpaired) electrons. The lowest BCUT2D eigenvalue weighted by Crippen LogP contribution is -2.35. The standard InChI is InChI=1S/C19H30N6O5/c1-19(14-28-9-7-22-24-20,15-29-10-8-23-25-21)16-30-12-11-27-13-17-3-5-18(26-2)6-4-17/h3-6H,7-16H2,1-2H3. The fourth-order valence-corrected chi connectivity index (χ4v) is 2.41. The molecular weight excluding hydrogens is 392 g/mol. The van der Waals surface area contributed by atoms with Crippen LogP contribution in [0.2, 0.25) is 0 Å². The number of hydrogen-bond acceptors (Lipinski definition) is 7. The van der Waals surface area contributed by atoms with E-state index in [1.807, 2.05) is 31.2 Å². The Labute approximate surface area is 176 Å². The fourth-order valence-electron chi connectivity index (χ4n) is 2.41. The van der Waals surface area contributed by atoms with Gasteiger partial charge in [0.15, 0.2) is 0 Å². The molecule has 166 valence electrons. The highest BCUT2D eigenvalue weighted by Gasteiger charge is 2.25. The van der Waals surface area contributed by atoms with Gasteiger partial charge in [-0.25, -0.2) is 0 Å². The van der Waals surface area contributed by atoms with Gasteiger partial charge in [0, 0.05) is 28.3 Å². The highest BCUT2D eigenvalue weighted by atomic mass is 16.5. The van der Waals surface area contributed by atoms with Crippen molar-refractivity contribution in [3.8, 4) is 5.75 Å². The number of nitrogens with zero attached hydrogens (tertiary/aromatic N) is 6. The van der Waals surface area contributed by atoms with Crippen LogP contribution in [0.15, 0.2) is 34.5 Å². The maximum Gasteiger partial charge on any atom is 0.118 e. The first kappa shape index (κ1) is 25.5. The fraction of sp³-hybridized carbons (Fsp3) is 0.684. The summed E-state index contributed by atoms with van der Waals surface area (Å²) >= 11 is 0. The van der Waals surface area contributed by atoms with E-state index in [2.05, 4.69) is 20.1 Å². The van der Waals surface area contributed by atoms with Crippen LogP contribution in [-0.4, -0.2) is 66.4 Å². The summed E-state index contributed by atoms with van der Waals surface area (Å²) in [6.07, 6.45) is 0. The first-order valence-electron chi connectivity index (χ1n) is 9.59. The largest absolute Gasteiger partial charge is 0.497 e. The third-order valence-corrected chi connectivity index (χ3v) is 3.95. The number of benzene rings is 1. The molecule has 11 heteroatoms. The van der Waals surface area contributed by atoms with Crippen molar-refractivity contribution in [2.24, 2.45) is 15.6 Å². The number of rotatable bonds is 18. The minimum absolute atomic E-state index is 0.268. The molecule has 0 heterocycles. The van der Waals surface area contributed by atoms with E-state index in [1.54, 1.807) is 7.11 Å². The van der Waals surface area contributed by atoms with Gasteiger partial charge >= 0.3 is 0 Å². The van der Waals surface area contributed by atoms with Gasteiger partial charge in [-0.1, -0.05) is 29.3 Å².